The predicted octanol–water partition coefficient (Wildman–Crippen LogP) is -0.706. The minimum atomic E-state index is -1.33. The van der Waals surface area contributed by atoms with Crippen molar-refractivity contribution >= 4 is 23.8 Å². The molecule has 0 aliphatic heterocycles. The largest absolute Gasteiger partial charge is 0.481 e. The molecule has 108 valence electrons. The zero-order valence-corrected chi connectivity index (χ0v) is 10.3. The van der Waals surface area contributed by atoms with Crippen molar-refractivity contribution in [2.24, 2.45) is 29.4 Å². The molecule has 4 atom stereocenters. The molecule has 1 amide bonds. The van der Waals surface area contributed by atoms with Crippen LogP contribution in [-0.4, -0.2) is 39.1 Å². The summed E-state index contributed by atoms with van der Waals surface area (Å²) in [6, 6.07) is 0. The molecule has 2 aliphatic rings. The van der Waals surface area contributed by atoms with E-state index in [0.717, 1.165) is 0 Å². The van der Waals surface area contributed by atoms with Crippen LogP contribution in [0, 0.1) is 23.7 Å². The number of carboxylic acid groups (broad SMARTS) is 3. The van der Waals surface area contributed by atoms with Crippen molar-refractivity contribution in [3.63, 3.8) is 0 Å². The highest BCUT2D eigenvalue weighted by molar-refractivity contribution is 5.95. The molecule has 1 fully saturated rings. The first-order chi connectivity index (χ1) is 9.25. The van der Waals surface area contributed by atoms with E-state index in [1.807, 2.05) is 0 Å². The minimum absolute atomic E-state index is 0.123. The zero-order valence-electron chi connectivity index (χ0n) is 10.3. The van der Waals surface area contributed by atoms with Crippen LogP contribution in [0.15, 0.2) is 11.1 Å². The molecule has 0 spiro atoms. The number of fused-ring (bicyclic) bond motifs is 2. The summed E-state index contributed by atoms with van der Waals surface area (Å²) in [4.78, 5) is 44.8. The summed E-state index contributed by atoms with van der Waals surface area (Å²) in [5.74, 6) is -8.83. The summed E-state index contributed by atoms with van der Waals surface area (Å²) >= 11 is 0. The summed E-state index contributed by atoms with van der Waals surface area (Å²) in [6.07, 6.45) is -0.225. The highest BCUT2D eigenvalue weighted by Crippen LogP contribution is 2.56. The maximum absolute atomic E-state index is 11.3. The van der Waals surface area contributed by atoms with Gasteiger partial charge in [0.2, 0.25) is 5.91 Å². The standard InChI is InChI=1S/C12H13NO7/c13-6(14)2-4-3-1-5(7(4)10(15)16)9(12(19)20)8(3)11(17)18/h3,5,8-9H,1-2H2,(H2,13,14)(H,15,16)(H,17,18)(H,19,20). The van der Waals surface area contributed by atoms with Crippen molar-refractivity contribution in [2.75, 3.05) is 0 Å². The molecule has 5 N–H and O–H groups in total. The first kappa shape index (κ1) is 14.0. The molecule has 0 aromatic heterocycles. The fourth-order valence-electron chi connectivity index (χ4n) is 3.52. The Morgan fingerprint density at radius 3 is 1.90 bits per heavy atom. The lowest BCUT2D eigenvalue weighted by Gasteiger charge is -2.27. The second kappa shape index (κ2) is 4.62. The van der Waals surface area contributed by atoms with E-state index >= 15 is 0 Å². The van der Waals surface area contributed by atoms with Crippen LogP contribution in [0.3, 0.4) is 0 Å². The maximum atomic E-state index is 11.3. The van der Waals surface area contributed by atoms with Crippen LogP contribution >= 0.6 is 0 Å². The predicted molar refractivity (Wildman–Crippen MR) is 62.3 cm³/mol. The molecule has 0 heterocycles. The molecule has 1 saturated carbocycles. The van der Waals surface area contributed by atoms with Crippen LogP contribution in [0.2, 0.25) is 0 Å². The van der Waals surface area contributed by atoms with Crippen molar-refractivity contribution in [2.45, 2.75) is 12.8 Å². The smallest absolute Gasteiger partial charge is 0.331 e. The number of rotatable bonds is 5. The van der Waals surface area contributed by atoms with E-state index in [1.165, 1.54) is 0 Å². The Labute approximate surface area is 112 Å². The lowest BCUT2D eigenvalue weighted by molar-refractivity contribution is -0.155. The van der Waals surface area contributed by atoms with Gasteiger partial charge in [0.1, 0.15) is 0 Å². The Hall–Kier alpha value is -2.38. The van der Waals surface area contributed by atoms with Crippen molar-refractivity contribution in [3.05, 3.63) is 11.1 Å². The molecule has 0 radical (unpaired) electrons. The third-order valence-corrected chi connectivity index (χ3v) is 4.09. The highest BCUT2D eigenvalue weighted by atomic mass is 16.4. The number of hydrogen-bond acceptors (Lipinski definition) is 4. The first-order valence-electron chi connectivity index (χ1n) is 5.95. The van der Waals surface area contributed by atoms with Gasteiger partial charge in [0.15, 0.2) is 0 Å². The number of primary amides is 1. The van der Waals surface area contributed by atoms with Gasteiger partial charge >= 0.3 is 17.9 Å². The monoisotopic (exact) mass is 283 g/mol. The third kappa shape index (κ3) is 1.93. The van der Waals surface area contributed by atoms with Gasteiger partial charge in [-0.3, -0.25) is 14.4 Å². The zero-order chi connectivity index (χ0) is 15.2. The van der Waals surface area contributed by atoms with Crippen LogP contribution in [0.5, 0.6) is 0 Å². The molecule has 2 aliphatic carbocycles. The van der Waals surface area contributed by atoms with E-state index in [1.54, 1.807) is 0 Å². The van der Waals surface area contributed by atoms with Crippen molar-refractivity contribution in [1.82, 2.24) is 0 Å². The molecule has 2 rings (SSSR count). The van der Waals surface area contributed by atoms with E-state index in [-0.39, 0.29) is 24.0 Å². The van der Waals surface area contributed by atoms with Gasteiger partial charge in [-0.15, -0.1) is 0 Å². The van der Waals surface area contributed by atoms with E-state index in [2.05, 4.69) is 0 Å². The lowest BCUT2D eigenvalue weighted by atomic mass is 9.75. The van der Waals surface area contributed by atoms with Crippen LogP contribution in [0.25, 0.3) is 0 Å². The number of aliphatic carboxylic acids is 3. The summed E-state index contributed by atoms with van der Waals surface area (Å²) in [5.41, 5.74) is 5.07. The maximum Gasteiger partial charge on any atom is 0.331 e. The molecule has 2 bridgehead atoms. The SMILES string of the molecule is NC(=O)CC1=C(C(=O)O)C2CC1C(C(=O)O)C2C(=O)O. The van der Waals surface area contributed by atoms with E-state index in [9.17, 15) is 29.4 Å². The average molecular weight is 283 g/mol. The number of carboxylic acids is 3. The van der Waals surface area contributed by atoms with E-state index in [4.69, 9.17) is 10.8 Å². The van der Waals surface area contributed by atoms with Crippen LogP contribution in [0.4, 0.5) is 0 Å². The fraction of sp³-hybridized carbons (Fsp3) is 0.500. The molecule has 8 nitrogen and oxygen atoms in total. The molecule has 0 aromatic rings. The quantitative estimate of drug-likeness (QED) is 0.519. The second-order valence-electron chi connectivity index (χ2n) is 5.06. The number of carbonyl (C=O) groups excluding carboxylic acids is 1. The minimum Gasteiger partial charge on any atom is -0.481 e. The van der Waals surface area contributed by atoms with Gasteiger partial charge in [-0.1, -0.05) is 0 Å². The number of hydrogen-bond donors (Lipinski definition) is 4. The number of carbonyl (C=O) groups is 4. The van der Waals surface area contributed by atoms with E-state index in [0.29, 0.717) is 0 Å². The van der Waals surface area contributed by atoms with Crippen molar-refractivity contribution in [3.8, 4) is 0 Å². The molecule has 0 aromatic carbocycles. The normalized spacial score (nSPS) is 31.4. The van der Waals surface area contributed by atoms with Crippen LogP contribution in [0.1, 0.15) is 12.8 Å². The summed E-state index contributed by atoms with van der Waals surface area (Å²) < 4.78 is 0. The summed E-state index contributed by atoms with van der Waals surface area (Å²) in [7, 11) is 0. The summed E-state index contributed by atoms with van der Waals surface area (Å²) in [6.45, 7) is 0. The van der Waals surface area contributed by atoms with Crippen LogP contribution in [-0.2, 0) is 19.2 Å². The van der Waals surface area contributed by atoms with E-state index < -0.39 is 47.5 Å². The van der Waals surface area contributed by atoms with Gasteiger partial charge in [0.05, 0.1) is 11.8 Å². The van der Waals surface area contributed by atoms with Gasteiger partial charge in [-0.2, -0.15) is 0 Å². The lowest BCUT2D eigenvalue weighted by Crippen LogP contribution is -2.38. The van der Waals surface area contributed by atoms with Crippen LogP contribution < -0.4 is 5.73 Å². The van der Waals surface area contributed by atoms with Gasteiger partial charge < -0.3 is 21.1 Å². The van der Waals surface area contributed by atoms with Crippen molar-refractivity contribution < 1.29 is 34.5 Å². The Bertz CT molecular complexity index is 550. The van der Waals surface area contributed by atoms with Gasteiger partial charge in [0, 0.05) is 17.9 Å². The topological polar surface area (TPSA) is 155 Å². The molecular formula is C12H13NO7. The van der Waals surface area contributed by atoms with Gasteiger partial charge in [0.25, 0.3) is 0 Å². The molecule has 20 heavy (non-hydrogen) atoms. The molecule has 8 heteroatoms. The van der Waals surface area contributed by atoms with Crippen molar-refractivity contribution in [1.29, 1.82) is 0 Å². The third-order valence-electron chi connectivity index (χ3n) is 4.09. The summed E-state index contributed by atoms with van der Waals surface area (Å²) in [5, 5.41) is 27.5. The fourth-order valence-corrected chi connectivity index (χ4v) is 3.52. The van der Waals surface area contributed by atoms with Gasteiger partial charge in [-0.25, -0.2) is 4.79 Å². The Kier molecular flexibility index (Phi) is 3.24. The molecule has 4 unspecified atom stereocenters. The average Bonchev–Trinajstić information content (AvgIpc) is 2.81. The Balaban J connectivity index is 2.52. The van der Waals surface area contributed by atoms with Gasteiger partial charge in [-0.05, 0) is 17.9 Å². The second-order valence-corrected chi connectivity index (χ2v) is 5.06. The molecular weight excluding hydrogens is 270 g/mol. The number of amides is 1. The highest BCUT2D eigenvalue weighted by Gasteiger charge is 2.59. The Morgan fingerprint density at radius 1 is 1.00 bits per heavy atom. The first-order valence-corrected chi connectivity index (χ1v) is 5.95. The molecule has 0 saturated heterocycles. The number of nitrogens with two attached hydrogens (primary N) is 1. The Morgan fingerprint density at radius 2 is 1.50 bits per heavy atom.